The largest absolute Gasteiger partial charge is 0.614 e. The Bertz CT molecular complexity index is 2760. The Labute approximate surface area is 417 Å². The topological polar surface area (TPSA) is 220 Å². The van der Waals surface area contributed by atoms with Crippen LogP contribution in [0.25, 0.3) is 0 Å². The molecule has 3 saturated heterocycles. The highest BCUT2D eigenvalue weighted by molar-refractivity contribution is 7.92. The quantitative estimate of drug-likeness (QED) is 0.0378. The maximum atomic E-state index is 14.5. The number of aryl methyl sites for hydroxylation is 1. The first-order valence-corrected chi connectivity index (χ1v) is 24.9. The molecule has 23 heteroatoms. The van der Waals surface area contributed by atoms with Crippen LogP contribution in [0.15, 0.2) is 77.1 Å². The van der Waals surface area contributed by atoms with Crippen LogP contribution in [-0.4, -0.2) is 147 Å². The normalized spacial score (nSPS) is 21.9. The molecule has 19 nitrogen and oxygen atoms in total. The number of nitrogens with zero attached hydrogens (tertiary/aromatic N) is 6. The molecule has 1 unspecified atom stereocenters. The molecular formula is C47H52BClN7O12S2+. The molecule has 70 heavy (non-hydrogen) atoms. The third-order valence-electron chi connectivity index (χ3n) is 13.0. The van der Waals surface area contributed by atoms with E-state index in [1.54, 1.807) is 33.3 Å². The molecule has 8 rings (SSSR count). The first kappa shape index (κ1) is 50.2. The summed E-state index contributed by atoms with van der Waals surface area (Å²) in [7, 11) is 4.39. The molecule has 1 aromatic heterocycles. The number of carbonyl (C=O) groups excluding carboxylic acids is 5. The van der Waals surface area contributed by atoms with E-state index < -0.39 is 46.0 Å². The average Bonchev–Trinajstić information content (AvgIpc) is 3.93. The zero-order chi connectivity index (χ0) is 50.1. The van der Waals surface area contributed by atoms with Crippen LogP contribution in [0.3, 0.4) is 0 Å². The van der Waals surface area contributed by atoms with E-state index in [-0.39, 0.29) is 76.8 Å². The highest BCUT2D eigenvalue weighted by Crippen LogP contribution is 2.42. The lowest BCUT2D eigenvalue weighted by Gasteiger charge is -2.50. The fourth-order valence-electron chi connectivity index (χ4n) is 8.85. The number of hydrogen-bond acceptors (Lipinski definition) is 16. The number of halogens is 1. The van der Waals surface area contributed by atoms with Crippen LogP contribution >= 0.6 is 23.1 Å². The number of β-lactam (4-membered cyclic amide) rings is 1. The summed E-state index contributed by atoms with van der Waals surface area (Å²) < 4.78 is 47.1. The summed E-state index contributed by atoms with van der Waals surface area (Å²) >= 11 is 6.34. The molecule has 0 aliphatic carbocycles. The number of Topliss-reactive ketones (excluding diaryl/α,β-unsaturated/α-hetero) is 1. The van der Waals surface area contributed by atoms with Gasteiger partial charge in [0.05, 0.1) is 62.6 Å². The van der Waals surface area contributed by atoms with Crippen molar-refractivity contribution in [2.45, 2.75) is 70.4 Å². The van der Waals surface area contributed by atoms with Crippen LogP contribution in [0.5, 0.6) is 23.0 Å². The third-order valence-corrected chi connectivity index (χ3v) is 15.7. The number of benzene rings is 3. The van der Waals surface area contributed by atoms with Gasteiger partial charge in [-0.3, -0.25) is 24.1 Å². The van der Waals surface area contributed by atoms with Gasteiger partial charge in [-0.2, -0.15) is 4.37 Å². The van der Waals surface area contributed by atoms with Gasteiger partial charge in [-0.05, 0) is 97.9 Å². The van der Waals surface area contributed by atoms with Gasteiger partial charge >= 0.3 is 14.0 Å². The van der Waals surface area contributed by atoms with Crippen LogP contribution in [0, 0.1) is 6.92 Å². The monoisotopic (exact) mass is 1020 g/mol. The van der Waals surface area contributed by atoms with Crippen molar-refractivity contribution in [1.29, 1.82) is 0 Å². The first-order chi connectivity index (χ1) is 33.5. The fraction of sp³-hybridized carbons (Fsp3) is 0.404. The summed E-state index contributed by atoms with van der Waals surface area (Å²) in [6.07, 6.45) is 0.640. The van der Waals surface area contributed by atoms with Crippen LogP contribution < -0.4 is 24.3 Å². The SMILES string of the molecule is BOC(=O)C1=C(C[N@@+]23CC[C@@H](C2)N(C(=O)c2ccc(OCc4ccc(OC)cc4)c(OCc4ccc(OC)cc4)c2Cl)CC3)C[S+]([O-])[C@@H]2[C@H](NC(=O)/C(=N\OC(C)(C)C(C)=O)c3nsc(C)n3)C(=O)N12. The number of piperazine rings is 1. The van der Waals surface area contributed by atoms with Gasteiger partial charge < -0.3 is 47.7 Å². The van der Waals surface area contributed by atoms with Gasteiger partial charge in [-0.25, -0.2) is 9.78 Å². The van der Waals surface area contributed by atoms with E-state index in [1.165, 1.54) is 28.8 Å². The van der Waals surface area contributed by atoms with Gasteiger partial charge in [0.2, 0.25) is 16.9 Å². The number of aromatic nitrogens is 2. The zero-order valence-electron chi connectivity index (χ0n) is 39.6. The van der Waals surface area contributed by atoms with Crippen LogP contribution in [0.1, 0.15) is 59.5 Å². The molecule has 3 fully saturated rings. The summed E-state index contributed by atoms with van der Waals surface area (Å²) in [6.45, 7) is 8.59. The number of nitrogens with one attached hydrogen (secondary N) is 1. The van der Waals surface area contributed by atoms with Gasteiger partial charge in [-0.1, -0.05) is 41.0 Å². The summed E-state index contributed by atoms with van der Waals surface area (Å²) in [5.74, 6) is -1.14. The van der Waals surface area contributed by atoms with Gasteiger partial charge in [-0.15, -0.1) is 0 Å². The number of ketones is 1. The van der Waals surface area contributed by atoms with Crippen molar-refractivity contribution in [3.05, 3.63) is 104 Å². The molecule has 0 spiro atoms. The third kappa shape index (κ3) is 10.2. The molecule has 5 heterocycles. The van der Waals surface area contributed by atoms with Crippen molar-refractivity contribution >= 4 is 77.5 Å². The van der Waals surface area contributed by atoms with Gasteiger partial charge in [0, 0.05) is 6.42 Å². The molecule has 0 saturated carbocycles. The summed E-state index contributed by atoms with van der Waals surface area (Å²) in [4.78, 5) is 80.6. The predicted octanol–water partition coefficient (Wildman–Crippen LogP) is 3.27. The van der Waals surface area contributed by atoms with E-state index in [2.05, 4.69) is 19.8 Å². The van der Waals surface area contributed by atoms with Crippen LogP contribution in [0.4, 0.5) is 0 Å². The second kappa shape index (κ2) is 20.6. The Balaban J connectivity index is 0.983. The van der Waals surface area contributed by atoms with Crippen molar-refractivity contribution < 1.29 is 61.4 Å². The average molecular weight is 1020 g/mol. The van der Waals surface area contributed by atoms with Gasteiger partial charge in [0.1, 0.15) is 47.7 Å². The minimum atomic E-state index is -1.77. The van der Waals surface area contributed by atoms with Crippen molar-refractivity contribution in [3.8, 4) is 23.0 Å². The molecular weight excluding hydrogens is 965 g/mol. The Morgan fingerprint density at radius 1 is 1.00 bits per heavy atom. The second-order valence-corrected chi connectivity index (χ2v) is 20.7. The molecule has 4 aliphatic heterocycles. The van der Waals surface area contributed by atoms with Crippen molar-refractivity contribution in [3.63, 3.8) is 0 Å². The number of amides is 3. The van der Waals surface area contributed by atoms with E-state index in [0.717, 1.165) is 27.6 Å². The molecule has 1 N–H and O–H groups in total. The lowest BCUT2D eigenvalue weighted by Crippen LogP contribution is -2.75. The number of fused-ring (bicyclic) bond motifs is 3. The van der Waals surface area contributed by atoms with E-state index >= 15 is 0 Å². The molecule has 4 aromatic rings. The Hall–Kier alpha value is -6.20. The number of oxime groups is 1. The van der Waals surface area contributed by atoms with Gasteiger partial charge in [0.25, 0.3) is 17.7 Å². The summed E-state index contributed by atoms with van der Waals surface area (Å²) in [6, 6.07) is 16.7. The molecule has 4 aliphatic rings. The second-order valence-electron chi connectivity index (χ2n) is 17.9. The number of quaternary nitrogens is 1. The Morgan fingerprint density at radius 3 is 2.26 bits per heavy atom. The number of rotatable bonds is 18. The fourth-order valence-corrected chi connectivity index (χ4v) is 11.3. The lowest BCUT2D eigenvalue weighted by molar-refractivity contribution is -0.916. The van der Waals surface area contributed by atoms with E-state index in [9.17, 15) is 28.5 Å². The maximum absolute atomic E-state index is 14.5. The zero-order valence-corrected chi connectivity index (χ0v) is 42.0. The molecule has 2 bridgehead atoms. The predicted molar refractivity (Wildman–Crippen MR) is 260 cm³/mol. The number of methoxy groups -OCH3 is 2. The summed E-state index contributed by atoms with van der Waals surface area (Å²) in [5, 5.41) is 6.07. The van der Waals surface area contributed by atoms with E-state index in [1.807, 2.05) is 53.4 Å². The summed E-state index contributed by atoms with van der Waals surface area (Å²) in [5.41, 5.74) is 0.664. The Kier molecular flexibility index (Phi) is 14.8. The molecule has 3 amide bonds. The molecule has 5 atom stereocenters. The molecule has 0 radical (unpaired) electrons. The van der Waals surface area contributed by atoms with Crippen molar-refractivity contribution in [1.82, 2.24) is 24.5 Å². The standard InChI is InChI=1S/C47H51BClN7O12S2/c1-26(57)47(3,4)68-52-37(41-50-27(2)69-53-41)42(58)51-38-44(60)55-39(46(61)67-48)30(25-70(62)45(38)55)21-56-19-17-31(22-56)54(18-20-56)43(59)34-15-16-35(65-23-28-7-11-32(63-5)12-8-28)40(36(34)49)66-24-29-9-13-33(64-6)14-10-29/h7-16,31,38,45H,17-25,48H2,1-6H3/p+1/b52-37-/t31-,38+,45+,56-,70?/m0/s1. The highest BCUT2D eigenvalue weighted by atomic mass is 35.5. The number of ether oxygens (including phenoxy) is 4. The van der Waals surface area contributed by atoms with E-state index in [4.69, 9.17) is 40.0 Å². The smallest absolute Gasteiger partial charge is 0.337 e. The van der Waals surface area contributed by atoms with Crippen LogP contribution in [0.2, 0.25) is 5.02 Å². The van der Waals surface area contributed by atoms with Crippen LogP contribution in [-0.2, 0) is 53.1 Å². The first-order valence-electron chi connectivity index (χ1n) is 22.4. The number of carbonyl (C=O) groups is 5. The van der Waals surface area contributed by atoms with E-state index in [0.29, 0.717) is 64.9 Å². The Morgan fingerprint density at radius 2 is 1.66 bits per heavy atom. The minimum absolute atomic E-state index is 0.0162. The lowest BCUT2D eigenvalue weighted by atomic mass is 10.0. The minimum Gasteiger partial charge on any atom is -0.614 e. The number of hydrogen-bond donors (Lipinski definition) is 1. The molecule has 368 valence electrons. The van der Waals surface area contributed by atoms with Gasteiger partial charge in [0.15, 0.2) is 28.9 Å². The highest BCUT2D eigenvalue weighted by Gasteiger charge is 2.62. The molecule has 3 aromatic carbocycles. The van der Waals surface area contributed by atoms with Crippen molar-refractivity contribution in [2.24, 2.45) is 5.16 Å². The van der Waals surface area contributed by atoms with Crippen molar-refractivity contribution in [2.75, 3.05) is 52.7 Å². The maximum Gasteiger partial charge on any atom is 0.337 e.